The van der Waals surface area contributed by atoms with Gasteiger partial charge in [0.25, 0.3) is 11.5 Å². The van der Waals surface area contributed by atoms with Gasteiger partial charge >= 0.3 is 0 Å². The molecule has 0 aliphatic rings. The molecule has 0 saturated carbocycles. The molecule has 4 aromatic carbocycles. The second-order valence-electron chi connectivity index (χ2n) is 10.0. The maximum absolute atomic E-state index is 12.8. The van der Waals surface area contributed by atoms with Crippen LogP contribution in [0.15, 0.2) is 126 Å². The van der Waals surface area contributed by atoms with Crippen LogP contribution in [0.4, 0.5) is 5.95 Å². The van der Waals surface area contributed by atoms with Crippen LogP contribution < -0.4 is 20.3 Å². The van der Waals surface area contributed by atoms with Gasteiger partial charge in [-0.15, -0.1) is 0 Å². The number of amides is 1. The van der Waals surface area contributed by atoms with E-state index >= 15 is 0 Å². The summed E-state index contributed by atoms with van der Waals surface area (Å²) < 4.78 is 19.1. The molecule has 1 heterocycles. The average molecular weight is 592 g/mol. The van der Waals surface area contributed by atoms with Crippen LogP contribution in [-0.2, 0) is 16.9 Å². The van der Waals surface area contributed by atoms with Crippen LogP contribution in [0.2, 0.25) is 0 Å². The molecule has 0 fully saturated rings. The van der Waals surface area contributed by atoms with Crippen molar-refractivity contribution in [2.75, 3.05) is 26.1 Å². The summed E-state index contributed by atoms with van der Waals surface area (Å²) in [5.41, 5.74) is 1.27. The SMILES string of the molecule is COc1ccc(C(OC[C@@H](O)Cn2ccc(=O)nc2NC(=O)c2ccccc2)(c2ccccc2)c2ccc(OC)cc2)cc1. The molecule has 0 saturated heterocycles. The molecule has 0 unspecified atom stereocenters. The quantitative estimate of drug-likeness (QED) is 0.199. The second-order valence-corrected chi connectivity index (χ2v) is 10.0. The van der Waals surface area contributed by atoms with Crippen molar-refractivity contribution in [3.63, 3.8) is 0 Å². The Morgan fingerprint density at radius 3 is 1.86 bits per heavy atom. The zero-order valence-electron chi connectivity index (χ0n) is 24.4. The van der Waals surface area contributed by atoms with Gasteiger partial charge in [-0.25, -0.2) is 0 Å². The maximum Gasteiger partial charge on any atom is 0.274 e. The van der Waals surface area contributed by atoms with Crippen molar-refractivity contribution in [3.05, 3.63) is 154 Å². The monoisotopic (exact) mass is 591 g/mol. The minimum atomic E-state index is -1.12. The van der Waals surface area contributed by atoms with E-state index in [0.717, 1.165) is 16.7 Å². The Kier molecular flexibility index (Phi) is 9.49. The Bertz CT molecular complexity index is 1680. The molecule has 44 heavy (non-hydrogen) atoms. The van der Waals surface area contributed by atoms with E-state index in [-0.39, 0.29) is 19.1 Å². The number of aromatic nitrogens is 2. The Morgan fingerprint density at radius 2 is 1.32 bits per heavy atom. The van der Waals surface area contributed by atoms with Crippen LogP contribution in [0.1, 0.15) is 27.0 Å². The van der Waals surface area contributed by atoms with Gasteiger partial charge in [0.15, 0.2) is 0 Å². The lowest BCUT2D eigenvalue weighted by molar-refractivity contribution is -0.0422. The van der Waals surface area contributed by atoms with Gasteiger partial charge < -0.3 is 23.9 Å². The number of ether oxygens (including phenoxy) is 3. The molecule has 5 rings (SSSR count). The number of carbonyl (C=O) groups excluding carboxylic acids is 1. The first kappa shape index (κ1) is 30.2. The number of benzene rings is 4. The second kappa shape index (κ2) is 13.8. The van der Waals surface area contributed by atoms with E-state index in [9.17, 15) is 14.7 Å². The standard InChI is InChI=1S/C35H33N3O6/c1-42-30-17-13-27(14-18-30)35(26-11-7-4-8-12-26,28-15-19-31(43-2)20-16-28)44-24-29(39)23-38-22-21-32(40)36-34(38)37-33(41)25-9-5-3-6-10-25/h3-22,29,39H,23-24H2,1-2H3,(H,36,37,40,41)/t29-/m0/s1. The molecule has 0 spiro atoms. The van der Waals surface area contributed by atoms with E-state index in [2.05, 4.69) is 10.3 Å². The summed E-state index contributed by atoms with van der Waals surface area (Å²) in [4.78, 5) is 28.9. The molecular formula is C35H33N3O6. The molecule has 1 aromatic heterocycles. The maximum atomic E-state index is 12.8. The highest BCUT2D eigenvalue weighted by Gasteiger charge is 2.38. The number of anilines is 1. The molecule has 0 aliphatic carbocycles. The number of rotatable bonds is 12. The van der Waals surface area contributed by atoms with Crippen LogP contribution in [0.3, 0.4) is 0 Å². The summed E-state index contributed by atoms with van der Waals surface area (Å²) in [5.74, 6) is 0.984. The topological polar surface area (TPSA) is 112 Å². The fraction of sp³-hybridized carbons (Fsp3) is 0.171. The van der Waals surface area contributed by atoms with Gasteiger partial charge in [-0.3, -0.25) is 14.9 Å². The van der Waals surface area contributed by atoms with E-state index < -0.39 is 23.2 Å². The van der Waals surface area contributed by atoms with Gasteiger partial charge in [-0.1, -0.05) is 72.8 Å². The van der Waals surface area contributed by atoms with Crippen molar-refractivity contribution in [1.82, 2.24) is 9.55 Å². The Labute approximate surface area is 255 Å². The van der Waals surface area contributed by atoms with Crippen molar-refractivity contribution >= 4 is 11.9 Å². The summed E-state index contributed by atoms with van der Waals surface area (Å²) >= 11 is 0. The highest BCUT2D eigenvalue weighted by Crippen LogP contribution is 2.41. The Hall–Kier alpha value is -5.25. The highest BCUT2D eigenvalue weighted by atomic mass is 16.5. The average Bonchev–Trinajstić information content (AvgIpc) is 3.07. The number of methoxy groups -OCH3 is 2. The number of hydrogen-bond acceptors (Lipinski definition) is 7. The molecule has 0 bridgehead atoms. The Balaban J connectivity index is 1.47. The fourth-order valence-corrected chi connectivity index (χ4v) is 5.02. The molecule has 0 radical (unpaired) electrons. The van der Waals surface area contributed by atoms with Gasteiger partial charge in [-0.05, 0) is 53.1 Å². The summed E-state index contributed by atoms with van der Waals surface area (Å²) in [6.45, 7) is -0.112. The van der Waals surface area contributed by atoms with E-state index in [1.807, 2.05) is 78.9 Å². The summed E-state index contributed by atoms with van der Waals surface area (Å²) in [6.07, 6.45) is 0.433. The van der Waals surface area contributed by atoms with Crippen LogP contribution in [0.25, 0.3) is 0 Å². The molecule has 9 heteroatoms. The predicted molar refractivity (Wildman–Crippen MR) is 167 cm³/mol. The molecule has 5 aromatic rings. The first-order valence-corrected chi connectivity index (χ1v) is 14.0. The highest BCUT2D eigenvalue weighted by molar-refractivity contribution is 6.03. The zero-order valence-corrected chi connectivity index (χ0v) is 24.4. The van der Waals surface area contributed by atoms with Crippen LogP contribution in [0, 0.1) is 0 Å². The molecule has 0 aliphatic heterocycles. The molecule has 2 N–H and O–H groups in total. The van der Waals surface area contributed by atoms with Crippen LogP contribution in [-0.4, -0.2) is 47.5 Å². The first-order valence-electron chi connectivity index (χ1n) is 14.0. The van der Waals surface area contributed by atoms with Crippen molar-refractivity contribution in [2.24, 2.45) is 0 Å². The smallest absolute Gasteiger partial charge is 0.274 e. The number of aliphatic hydroxyl groups is 1. The van der Waals surface area contributed by atoms with Crippen LogP contribution >= 0.6 is 0 Å². The van der Waals surface area contributed by atoms with E-state index in [1.165, 1.54) is 16.8 Å². The summed E-state index contributed by atoms with van der Waals surface area (Å²) in [5, 5.41) is 14.0. The first-order chi connectivity index (χ1) is 21.4. The summed E-state index contributed by atoms with van der Waals surface area (Å²) in [6, 6.07) is 34.8. The molecule has 9 nitrogen and oxygen atoms in total. The number of carbonyl (C=O) groups is 1. The van der Waals surface area contributed by atoms with Crippen molar-refractivity contribution < 1.29 is 24.1 Å². The minimum absolute atomic E-state index is 0.00617. The minimum Gasteiger partial charge on any atom is -0.497 e. The number of nitrogens with zero attached hydrogens (tertiary/aromatic N) is 2. The summed E-state index contributed by atoms with van der Waals surface area (Å²) in [7, 11) is 3.22. The zero-order chi connectivity index (χ0) is 30.9. The lowest BCUT2D eigenvalue weighted by Gasteiger charge is -2.37. The van der Waals surface area contributed by atoms with Crippen molar-refractivity contribution in [2.45, 2.75) is 18.2 Å². The lowest BCUT2D eigenvalue weighted by atomic mass is 9.80. The molecule has 1 atom stereocenters. The van der Waals surface area contributed by atoms with E-state index in [1.54, 1.807) is 44.6 Å². The van der Waals surface area contributed by atoms with Gasteiger partial charge in [0, 0.05) is 17.8 Å². The predicted octanol–water partition coefficient (Wildman–Crippen LogP) is 4.88. The number of nitrogens with one attached hydrogen (secondary N) is 1. The van der Waals surface area contributed by atoms with Crippen LogP contribution in [0.5, 0.6) is 11.5 Å². The fourth-order valence-electron chi connectivity index (χ4n) is 5.02. The van der Waals surface area contributed by atoms with Gasteiger partial charge in [0.2, 0.25) is 5.95 Å². The Morgan fingerprint density at radius 1 is 0.795 bits per heavy atom. The van der Waals surface area contributed by atoms with E-state index in [4.69, 9.17) is 14.2 Å². The van der Waals surface area contributed by atoms with Gasteiger partial charge in [0.05, 0.1) is 33.5 Å². The van der Waals surface area contributed by atoms with Gasteiger partial charge in [0.1, 0.15) is 17.1 Å². The lowest BCUT2D eigenvalue weighted by Crippen LogP contribution is -2.37. The van der Waals surface area contributed by atoms with Gasteiger partial charge in [-0.2, -0.15) is 4.98 Å². The van der Waals surface area contributed by atoms with Crippen molar-refractivity contribution in [1.29, 1.82) is 0 Å². The number of aliphatic hydroxyl groups excluding tert-OH is 1. The van der Waals surface area contributed by atoms with E-state index in [0.29, 0.717) is 17.1 Å². The third-order valence-corrected chi connectivity index (χ3v) is 7.22. The molecule has 1 amide bonds. The molecular weight excluding hydrogens is 558 g/mol. The van der Waals surface area contributed by atoms with Crippen molar-refractivity contribution in [3.8, 4) is 11.5 Å². The third-order valence-electron chi connectivity index (χ3n) is 7.22. The number of hydrogen-bond donors (Lipinski definition) is 2. The molecule has 224 valence electrons. The third kappa shape index (κ3) is 6.70. The normalized spacial score (nSPS) is 11.9. The largest absolute Gasteiger partial charge is 0.497 e.